The average Bonchev–Trinajstić information content (AvgIpc) is 2.46. The molecule has 1 aliphatic carbocycles. The first-order valence-corrected chi connectivity index (χ1v) is 5.79. The van der Waals surface area contributed by atoms with Crippen LogP contribution in [0.1, 0.15) is 39.0 Å². The molecule has 1 amide bonds. The molecule has 0 radical (unpaired) electrons. The van der Waals surface area contributed by atoms with Crippen LogP contribution in [-0.2, 0) is 4.79 Å². The van der Waals surface area contributed by atoms with Gasteiger partial charge in [0, 0.05) is 6.04 Å². The van der Waals surface area contributed by atoms with E-state index in [-0.39, 0.29) is 0 Å². The second-order valence-corrected chi connectivity index (χ2v) is 4.63. The molecule has 2 rings (SSSR count). The molecule has 3 heteroatoms. The van der Waals surface area contributed by atoms with Gasteiger partial charge in [-0.3, -0.25) is 10.1 Å². The van der Waals surface area contributed by atoms with Crippen LogP contribution in [0.4, 0.5) is 0 Å². The van der Waals surface area contributed by atoms with E-state index in [0.29, 0.717) is 24.4 Å². The van der Waals surface area contributed by atoms with Gasteiger partial charge >= 0.3 is 0 Å². The molecule has 1 saturated carbocycles. The molecule has 2 aliphatic rings. The normalized spacial score (nSPS) is 34.6. The molecule has 0 aromatic heterocycles. The number of nitrogens with one attached hydrogen (secondary N) is 1. The first-order valence-electron chi connectivity index (χ1n) is 5.79. The van der Waals surface area contributed by atoms with E-state index in [0.717, 1.165) is 6.67 Å². The molecule has 1 heterocycles. The van der Waals surface area contributed by atoms with Gasteiger partial charge in [-0.1, -0.05) is 26.2 Å². The van der Waals surface area contributed by atoms with Crippen LogP contribution >= 0.6 is 0 Å². The Morgan fingerprint density at radius 3 is 2.79 bits per heavy atom. The minimum absolute atomic E-state index is 0.295. The van der Waals surface area contributed by atoms with Crippen LogP contribution in [0.25, 0.3) is 0 Å². The van der Waals surface area contributed by atoms with E-state index < -0.39 is 0 Å². The van der Waals surface area contributed by atoms with Crippen molar-refractivity contribution in [3.8, 4) is 0 Å². The second kappa shape index (κ2) is 4.30. The van der Waals surface area contributed by atoms with Gasteiger partial charge < -0.3 is 4.90 Å². The molecule has 1 N–H and O–H groups in total. The minimum Gasteiger partial charge on any atom is -0.326 e. The van der Waals surface area contributed by atoms with E-state index in [9.17, 15) is 4.79 Å². The Labute approximate surface area is 85.8 Å². The van der Waals surface area contributed by atoms with Crippen molar-refractivity contribution < 1.29 is 4.79 Å². The summed E-state index contributed by atoms with van der Waals surface area (Å²) in [5, 5.41) is 3.14. The lowest BCUT2D eigenvalue weighted by molar-refractivity contribution is -0.129. The van der Waals surface area contributed by atoms with Crippen LogP contribution in [0, 0.1) is 5.92 Å². The van der Waals surface area contributed by atoms with Crippen molar-refractivity contribution in [1.82, 2.24) is 10.2 Å². The Hall–Kier alpha value is -0.570. The number of nitrogens with zero attached hydrogens (tertiary/aromatic N) is 1. The van der Waals surface area contributed by atoms with Crippen molar-refractivity contribution in [2.45, 2.75) is 45.1 Å². The summed E-state index contributed by atoms with van der Waals surface area (Å²) in [6.45, 7) is 3.61. The Morgan fingerprint density at radius 1 is 1.29 bits per heavy atom. The van der Waals surface area contributed by atoms with Gasteiger partial charge in [0.1, 0.15) is 0 Å². The van der Waals surface area contributed by atoms with Crippen LogP contribution in [0.15, 0.2) is 0 Å². The monoisotopic (exact) mass is 196 g/mol. The maximum atomic E-state index is 11.6. The zero-order valence-electron chi connectivity index (χ0n) is 8.96. The quantitative estimate of drug-likeness (QED) is 0.642. The zero-order chi connectivity index (χ0) is 9.97. The summed E-state index contributed by atoms with van der Waals surface area (Å²) in [6, 6.07) is 0.500. The van der Waals surface area contributed by atoms with Gasteiger partial charge in [-0.05, 0) is 18.8 Å². The first kappa shape index (κ1) is 9.97. The number of amides is 1. The first-order chi connectivity index (χ1) is 6.79. The Morgan fingerprint density at radius 2 is 2.07 bits per heavy atom. The van der Waals surface area contributed by atoms with Crippen molar-refractivity contribution in [1.29, 1.82) is 0 Å². The van der Waals surface area contributed by atoms with Crippen LogP contribution in [0.5, 0.6) is 0 Å². The largest absolute Gasteiger partial charge is 0.326 e. The van der Waals surface area contributed by atoms with Crippen molar-refractivity contribution in [2.24, 2.45) is 5.92 Å². The number of carbonyl (C=O) groups is 1. The third-order valence-corrected chi connectivity index (χ3v) is 3.60. The lowest BCUT2D eigenvalue weighted by atomic mass is 9.96. The van der Waals surface area contributed by atoms with E-state index in [4.69, 9.17) is 0 Å². The molecule has 1 aliphatic heterocycles. The third-order valence-electron chi connectivity index (χ3n) is 3.60. The standard InChI is InChI=1S/C11H20N2O/c1-9-5-3-2-4-6-10(9)13-8-12-7-11(13)14/h9-10,12H,2-8H2,1H3. The highest BCUT2D eigenvalue weighted by Gasteiger charge is 2.31. The molecule has 3 nitrogen and oxygen atoms in total. The van der Waals surface area contributed by atoms with E-state index in [1.54, 1.807) is 0 Å². The second-order valence-electron chi connectivity index (χ2n) is 4.63. The smallest absolute Gasteiger partial charge is 0.237 e. The molecule has 0 spiro atoms. The van der Waals surface area contributed by atoms with E-state index in [1.165, 1.54) is 32.1 Å². The molecule has 1 saturated heterocycles. The molecule has 14 heavy (non-hydrogen) atoms. The number of carbonyl (C=O) groups excluding carboxylic acids is 1. The predicted molar refractivity (Wildman–Crippen MR) is 55.8 cm³/mol. The molecule has 0 aromatic rings. The summed E-state index contributed by atoms with van der Waals surface area (Å²) >= 11 is 0. The average molecular weight is 196 g/mol. The lowest BCUT2D eigenvalue weighted by Crippen LogP contribution is -2.41. The van der Waals surface area contributed by atoms with Gasteiger partial charge in [0.15, 0.2) is 0 Å². The summed E-state index contributed by atoms with van der Waals surface area (Å²) in [6.07, 6.45) is 6.46. The van der Waals surface area contributed by atoms with E-state index >= 15 is 0 Å². The van der Waals surface area contributed by atoms with Gasteiger partial charge in [0.05, 0.1) is 13.2 Å². The Balaban J connectivity index is 2.02. The van der Waals surface area contributed by atoms with Crippen LogP contribution in [0.3, 0.4) is 0 Å². The fourth-order valence-electron chi connectivity index (χ4n) is 2.71. The molecule has 0 aromatic carbocycles. The van der Waals surface area contributed by atoms with E-state index in [2.05, 4.69) is 17.1 Å². The number of rotatable bonds is 1. The van der Waals surface area contributed by atoms with Gasteiger partial charge in [0.25, 0.3) is 0 Å². The molecule has 80 valence electrons. The summed E-state index contributed by atoms with van der Waals surface area (Å²) in [4.78, 5) is 13.6. The van der Waals surface area contributed by atoms with E-state index in [1.807, 2.05) is 0 Å². The number of hydrogen-bond donors (Lipinski definition) is 1. The van der Waals surface area contributed by atoms with Gasteiger partial charge in [-0.25, -0.2) is 0 Å². The zero-order valence-corrected chi connectivity index (χ0v) is 8.96. The fourth-order valence-corrected chi connectivity index (χ4v) is 2.71. The highest BCUT2D eigenvalue weighted by molar-refractivity contribution is 5.80. The van der Waals surface area contributed by atoms with Crippen LogP contribution < -0.4 is 5.32 Å². The van der Waals surface area contributed by atoms with Crippen molar-refractivity contribution in [3.05, 3.63) is 0 Å². The third kappa shape index (κ3) is 1.92. The van der Waals surface area contributed by atoms with Gasteiger partial charge in [0.2, 0.25) is 5.91 Å². The van der Waals surface area contributed by atoms with Crippen molar-refractivity contribution in [3.63, 3.8) is 0 Å². The summed E-state index contributed by atoms with van der Waals surface area (Å²) in [5.74, 6) is 0.977. The molecular weight excluding hydrogens is 176 g/mol. The minimum atomic E-state index is 0.295. The van der Waals surface area contributed by atoms with Gasteiger partial charge in [-0.2, -0.15) is 0 Å². The number of hydrogen-bond acceptors (Lipinski definition) is 2. The molecule has 0 bridgehead atoms. The molecule has 2 fully saturated rings. The predicted octanol–water partition coefficient (Wildman–Crippen LogP) is 1.34. The van der Waals surface area contributed by atoms with Gasteiger partial charge in [-0.15, -0.1) is 0 Å². The van der Waals surface area contributed by atoms with Crippen LogP contribution in [0.2, 0.25) is 0 Å². The molecule has 2 atom stereocenters. The van der Waals surface area contributed by atoms with Crippen molar-refractivity contribution >= 4 is 5.91 Å². The summed E-state index contributed by atoms with van der Waals surface area (Å²) in [7, 11) is 0. The highest BCUT2D eigenvalue weighted by atomic mass is 16.2. The van der Waals surface area contributed by atoms with Crippen LogP contribution in [-0.4, -0.2) is 30.1 Å². The maximum Gasteiger partial charge on any atom is 0.237 e. The SMILES string of the molecule is CC1CCCCCC1N1CNCC1=O. The van der Waals surface area contributed by atoms with Crippen molar-refractivity contribution in [2.75, 3.05) is 13.2 Å². The molecule has 2 unspecified atom stereocenters. The lowest BCUT2D eigenvalue weighted by Gasteiger charge is -2.30. The summed E-state index contributed by atoms with van der Waals surface area (Å²) in [5.41, 5.74) is 0. The Kier molecular flexibility index (Phi) is 3.06. The Bertz CT molecular complexity index is 217. The maximum absolute atomic E-state index is 11.6. The topological polar surface area (TPSA) is 32.3 Å². The fraction of sp³-hybridized carbons (Fsp3) is 0.909. The highest BCUT2D eigenvalue weighted by Crippen LogP contribution is 2.27. The summed E-state index contributed by atoms with van der Waals surface area (Å²) < 4.78 is 0. The molecular formula is C11H20N2O.